The average molecular weight is 550 g/mol. The molecule has 1 aliphatic carbocycles. The molecule has 214 valence electrons. The second-order valence-electron chi connectivity index (χ2n) is 14.3. The fraction of sp³-hybridized carbons (Fsp3) is 0.486. The van der Waals surface area contributed by atoms with E-state index < -0.39 is 0 Å². The van der Waals surface area contributed by atoms with Gasteiger partial charge in [0.1, 0.15) is 0 Å². The molecular formula is C35H44B2O4. The molecule has 2 saturated heterocycles. The number of rotatable bonds is 4. The molecule has 0 unspecified atom stereocenters. The Kier molecular flexibility index (Phi) is 6.90. The van der Waals surface area contributed by atoms with Crippen molar-refractivity contribution in [1.29, 1.82) is 0 Å². The number of hydrogen-bond acceptors (Lipinski definition) is 4. The molecule has 0 aromatic heterocycles. The van der Waals surface area contributed by atoms with E-state index in [4.69, 9.17) is 18.6 Å². The van der Waals surface area contributed by atoms with Crippen LogP contribution in [-0.2, 0) is 36.9 Å². The lowest BCUT2D eigenvalue weighted by Gasteiger charge is -2.35. The van der Waals surface area contributed by atoms with E-state index in [0.29, 0.717) is 0 Å². The predicted octanol–water partition coefficient (Wildman–Crippen LogP) is 6.15. The van der Waals surface area contributed by atoms with Crippen LogP contribution in [0.4, 0.5) is 0 Å². The zero-order valence-electron chi connectivity index (χ0n) is 26.0. The van der Waals surface area contributed by atoms with Crippen LogP contribution in [0.3, 0.4) is 0 Å². The quantitative estimate of drug-likeness (QED) is 0.289. The van der Waals surface area contributed by atoms with E-state index in [1.54, 1.807) is 0 Å². The highest BCUT2D eigenvalue weighted by Gasteiger charge is 2.53. The summed E-state index contributed by atoms with van der Waals surface area (Å²) in [6, 6.07) is 27.0. The number of hydrogen-bond donors (Lipinski definition) is 0. The summed E-state index contributed by atoms with van der Waals surface area (Å²) in [6.45, 7) is 16.8. The Morgan fingerprint density at radius 2 is 0.780 bits per heavy atom. The van der Waals surface area contributed by atoms with Crippen molar-refractivity contribution < 1.29 is 18.6 Å². The molecule has 3 aromatic carbocycles. The van der Waals surface area contributed by atoms with E-state index in [2.05, 4.69) is 128 Å². The Bertz CT molecular complexity index is 1270. The van der Waals surface area contributed by atoms with Crippen molar-refractivity contribution in [2.24, 2.45) is 0 Å². The summed E-state index contributed by atoms with van der Waals surface area (Å²) in [5, 5.41) is 0. The lowest BCUT2D eigenvalue weighted by molar-refractivity contribution is 0.00578. The molecule has 0 spiro atoms. The predicted molar refractivity (Wildman–Crippen MR) is 168 cm³/mol. The molecule has 0 N–H and O–H groups in total. The molecule has 2 fully saturated rings. The van der Waals surface area contributed by atoms with Crippen LogP contribution < -0.4 is 10.9 Å². The summed E-state index contributed by atoms with van der Waals surface area (Å²) in [6.07, 6.45) is 4.20. The van der Waals surface area contributed by atoms with E-state index >= 15 is 0 Å². The third-order valence-corrected chi connectivity index (χ3v) is 10.7. The summed E-state index contributed by atoms with van der Waals surface area (Å²) in [5.41, 5.74) is 6.21. The van der Waals surface area contributed by atoms with Gasteiger partial charge in [-0.3, -0.25) is 0 Å². The normalized spacial score (nSPS) is 23.7. The molecule has 0 saturated carbocycles. The summed E-state index contributed by atoms with van der Waals surface area (Å²) >= 11 is 0. The summed E-state index contributed by atoms with van der Waals surface area (Å²) in [4.78, 5) is 0. The van der Waals surface area contributed by atoms with E-state index in [0.717, 1.165) is 36.6 Å². The van der Waals surface area contributed by atoms with Crippen molar-refractivity contribution in [3.8, 4) is 0 Å². The molecule has 2 aliphatic heterocycles. The molecular weight excluding hydrogens is 506 g/mol. The fourth-order valence-electron chi connectivity index (χ4n) is 6.49. The van der Waals surface area contributed by atoms with Gasteiger partial charge in [0.05, 0.1) is 22.4 Å². The lowest BCUT2D eigenvalue weighted by atomic mass is 9.67. The van der Waals surface area contributed by atoms with Gasteiger partial charge in [0.15, 0.2) is 0 Å². The van der Waals surface area contributed by atoms with Crippen LogP contribution in [0, 0.1) is 0 Å². The van der Waals surface area contributed by atoms with E-state index in [9.17, 15) is 0 Å². The van der Waals surface area contributed by atoms with E-state index in [-0.39, 0.29) is 42.1 Å². The highest BCUT2D eigenvalue weighted by molar-refractivity contribution is 6.62. The first kappa shape index (κ1) is 28.7. The first-order valence-corrected chi connectivity index (χ1v) is 15.2. The standard InChI is InChI=1S/C35H44B2O4/c1-31(2)32(3,4)39-36(38-31)29-17-13-27(14-18-29)35(23-21-25-11-9-10-12-26(25)22-24-35)28-15-19-30(20-16-28)37-40-33(5,6)34(7,8)41-37/h9-20H,21-24H2,1-8H3. The van der Waals surface area contributed by atoms with Crippen molar-refractivity contribution in [1.82, 2.24) is 0 Å². The van der Waals surface area contributed by atoms with Crippen molar-refractivity contribution in [3.63, 3.8) is 0 Å². The van der Waals surface area contributed by atoms with Gasteiger partial charge in [-0.25, -0.2) is 0 Å². The van der Waals surface area contributed by atoms with E-state index in [1.165, 1.54) is 22.3 Å². The van der Waals surface area contributed by atoms with Gasteiger partial charge < -0.3 is 18.6 Å². The fourth-order valence-corrected chi connectivity index (χ4v) is 6.49. The van der Waals surface area contributed by atoms with Gasteiger partial charge in [-0.15, -0.1) is 0 Å². The number of benzene rings is 3. The van der Waals surface area contributed by atoms with Gasteiger partial charge in [-0.2, -0.15) is 0 Å². The van der Waals surface area contributed by atoms with Crippen LogP contribution in [-0.4, -0.2) is 36.6 Å². The average Bonchev–Trinajstić information content (AvgIpc) is 3.18. The van der Waals surface area contributed by atoms with Crippen molar-refractivity contribution >= 4 is 25.2 Å². The summed E-state index contributed by atoms with van der Waals surface area (Å²) in [5.74, 6) is 0. The zero-order valence-corrected chi connectivity index (χ0v) is 26.0. The minimum absolute atomic E-state index is 0.109. The molecule has 41 heavy (non-hydrogen) atoms. The van der Waals surface area contributed by atoms with Gasteiger partial charge in [-0.05, 0) is 114 Å². The van der Waals surface area contributed by atoms with E-state index in [1.807, 2.05) is 0 Å². The minimum atomic E-state index is -0.359. The van der Waals surface area contributed by atoms with Crippen LogP contribution in [0.15, 0.2) is 72.8 Å². The van der Waals surface area contributed by atoms with Crippen molar-refractivity contribution in [2.75, 3.05) is 0 Å². The smallest absolute Gasteiger partial charge is 0.399 e. The van der Waals surface area contributed by atoms with Gasteiger partial charge >= 0.3 is 14.2 Å². The largest absolute Gasteiger partial charge is 0.494 e. The topological polar surface area (TPSA) is 36.9 Å². The molecule has 0 bridgehead atoms. The zero-order chi connectivity index (χ0) is 29.3. The first-order valence-electron chi connectivity index (χ1n) is 15.2. The molecule has 3 aliphatic rings. The summed E-state index contributed by atoms with van der Waals surface area (Å²) in [7, 11) is -0.717. The Morgan fingerprint density at radius 1 is 0.463 bits per heavy atom. The van der Waals surface area contributed by atoms with Crippen LogP contribution >= 0.6 is 0 Å². The van der Waals surface area contributed by atoms with Crippen molar-refractivity contribution in [2.45, 2.75) is 109 Å². The molecule has 0 amide bonds. The second kappa shape index (κ2) is 9.84. The minimum Gasteiger partial charge on any atom is -0.399 e. The third-order valence-electron chi connectivity index (χ3n) is 10.7. The van der Waals surface area contributed by atoms with Crippen LogP contribution in [0.1, 0.15) is 90.5 Å². The lowest BCUT2D eigenvalue weighted by Crippen LogP contribution is -2.41. The van der Waals surface area contributed by atoms with Gasteiger partial charge in [0.2, 0.25) is 0 Å². The Morgan fingerprint density at radius 3 is 1.10 bits per heavy atom. The van der Waals surface area contributed by atoms with Crippen LogP contribution in [0.25, 0.3) is 0 Å². The van der Waals surface area contributed by atoms with Gasteiger partial charge in [-0.1, -0.05) is 72.8 Å². The molecule has 3 aromatic rings. The molecule has 0 atom stereocenters. The molecule has 6 rings (SSSR count). The molecule has 6 heteroatoms. The first-order chi connectivity index (χ1) is 19.2. The molecule has 0 radical (unpaired) electrons. The SMILES string of the molecule is CC1(C)OB(c2ccc(C3(c4ccc(B5OC(C)(C)C(C)(C)O5)cc4)CCc4ccccc4CC3)cc2)OC1(C)C. The van der Waals surface area contributed by atoms with Crippen LogP contribution in [0.5, 0.6) is 0 Å². The second-order valence-corrected chi connectivity index (χ2v) is 14.3. The maximum atomic E-state index is 6.35. The van der Waals surface area contributed by atoms with Gasteiger partial charge in [0.25, 0.3) is 0 Å². The molecule has 2 heterocycles. The Balaban J connectivity index is 1.34. The highest BCUT2D eigenvalue weighted by atomic mass is 16.7. The highest BCUT2D eigenvalue weighted by Crippen LogP contribution is 2.44. The Labute approximate surface area is 247 Å². The third kappa shape index (κ3) is 4.91. The number of fused-ring (bicyclic) bond motifs is 1. The Hall–Kier alpha value is -2.37. The van der Waals surface area contributed by atoms with Crippen molar-refractivity contribution in [3.05, 3.63) is 95.1 Å². The molecule has 4 nitrogen and oxygen atoms in total. The van der Waals surface area contributed by atoms with Crippen LogP contribution in [0.2, 0.25) is 0 Å². The maximum absolute atomic E-state index is 6.35. The van der Waals surface area contributed by atoms with Gasteiger partial charge in [0, 0.05) is 5.41 Å². The number of aryl methyl sites for hydroxylation is 2. The maximum Gasteiger partial charge on any atom is 0.494 e. The monoisotopic (exact) mass is 550 g/mol. The summed E-state index contributed by atoms with van der Waals surface area (Å²) < 4.78 is 25.4.